The number of hydrogen-bond donors (Lipinski definition) is 2. The molecule has 0 aliphatic heterocycles. The third kappa shape index (κ3) is 1.60. The maximum absolute atomic E-state index is 9.09. The molecule has 0 amide bonds. The fourth-order valence-electron chi connectivity index (χ4n) is 1.16. The van der Waals surface area contributed by atoms with Gasteiger partial charge in [-0.3, -0.25) is 0 Å². The Morgan fingerprint density at radius 1 is 1.29 bits per heavy atom. The van der Waals surface area contributed by atoms with Crippen molar-refractivity contribution in [2.75, 3.05) is 0 Å². The summed E-state index contributed by atoms with van der Waals surface area (Å²) < 4.78 is 5.34. The summed E-state index contributed by atoms with van der Waals surface area (Å²) in [5.74, 6) is 1.39. The first kappa shape index (κ1) is 8.77. The number of rotatable bonds is 2. The van der Waals surface area contributed by atoms with Gasteiger partial charge in [0, 0.05) is 5.56 Å². The third-order valence-corrected chi connectivity index (χ3v) is 1.88. The van der Waals surface area contributed by atoms with Crippen LogP contribution in [0.2, 0.25) is 0 Å². The Labute approximate surface area is 81.0 Å². The average molecular weight is 190 g/mol. The molecule has 0 atom stereocenters. The molecule has 4 heteroatoms. The third-order valence-electron chi connectivity index (χ3n) is 1.88. The molecule has 2 rings (SSSR count). The van der Waals surface area contributed by atoms with Crippen molar-refractivity contribution in [3.05, 3.63) is 36.4 Å². The van der Waals surface area contributed by atoms with Crippen molar-refractivity contribution in [3.63, 3.8) is 0 Å². The van der Waals surface area contributed by atoms with Crippen molar-refractivity contribution in [1.82, 2.24) is 4.98 Å². The van der Waals surface area contributed by atoms with Crippen LogP contribution in [0.25, 0.3) is 11.3 Å². The molecule has 0 radical (unpaired) electrons. The van der Waals surface area contributed by atoms with Crippen LogP contribution in [-0.4, -0.2) is 10.1 Å². The van der Waals surface area contributed by atoms with Gasteiger partial charge in [0.15, 0.2) is 5.76 Å². The van der Waals surface area contributed by atoms with Gasteiger partial charge in [0.1, 0.15) is 5.75 Å². The summed E-state index contributed by atoms with van der Waals surface area (Å²) in [7, 11) is 0. The van der Waals surface area contributed by atoms with Gasteiger partial charge in [-0.25, -0.2) is 4.98 Å². The van der Waals surface area contributed by atoms with Gasteiger partial charge >= 0.3 is 0 Å². The first-order valence-corrected chi connectivity index (χ1v) is 4.24. The molecule has 1 aromatic heterocycles. The lowest BCUT2D eigenvalue weighted by Crippen LogP contribution is -1.94. The van der Waals surface area contributed by atoms with Gasteiger partial charge in [-0.15, -0.1) is 0 Å². The van der Waals surface area contributed by atoms with Crippen molar-refractivity contribution in [1.29, 1.82) is 0 Å². The lowest BCUT2D eigenvalue weighted by atomic mass is 10.2. The first-order valence-electron chi connectivity index (χ1n) is 4.24. The number of hydrogen-bond acceptors (Lipinski definition) is 4. The van der Waals surface area contributed by atoms with E-state index in [9.17, 15) is 0 Å². The largest absolute Gasteiger partial charge is 0.508 e. The van der Waals surface area contributed by atoms with Gasteiger partial charge in [-0.1, -0.05) is 0 Å². The monoisotopic (exact) mass is 190 g/mol. The summed E-state index contributed by atoms with van der Waals surface area (Å²) in [6, 6.07) is 6.71. The molecule has 0 spiro atoms. The SMILES string of the molecule is NCc1ncc(-c2ccc(O)cc2)o1. The van der Waals surface area contributed by atoms with Gasteiger partial charge < -0.3 is 15.3 Å². The van der Waals surface area contributed by atoms with Gasteiger partial charge in [0.2, 0.25) is 5.89 Å². The van der Waals surface area contributed by atoms with Crippen LogP contribution in [-0.2, 0) is 6.54 Å². The Morgan fingerprint density at radius 2 is 2.00 bits per heavy atom. The van der Waals surface area contributed by atoms with E-state index in [0.29, 0.717) is 11.7 Å². The molecular formula is C10H10N2O2. The van der Waals surface area contributed by atoms with Crippen LogP contribution < -0.4 is 5.73 Å². The quantitative estimate of drug-likeness (QED) is 0.752. The zero-order chi connectivity index (χ0) is 9.97. The smallest absolute Gasteiger partial charge is 0.208 e. The Morgan fingerprint density at radius 3 is 2.57 bits per heavy atom. The lowest BCUT2D eigenvalue weighted by Gasteiger charge is -1.95. The molecule has 1 heterocycles. The molecule has 4 nitrogen and oxygen atoms in total. The summed E-state index contributed by atoms with van der Waals surface area (Å²) in [6.07, 6.45) is 1.62. The van der Waals surface area contributed by atoms with Crippen molar-refractivity contribution in [2.24, 2.45) is 5.73 Å². The van der Waals surface area contributed by atoms with E-state index in [1.165, 1.54) is 0 Å². The fourth-order valence-corrected chi connectivity index (χ4v) is 1.16. The summed E-state index contributed by atoms with van der Waals surface area (Å²) in [5, 5.41) is 9.09. The van der Waals surface area contributed by atoms with Crippen LogP contribution in [0.5, 0.6) is 5.75 Å². The Hall–Kier alpha value is -1.81. The topological polar surface area (TPSA) is 72.3 Å². The van der Waals surface area contributed by atoms with E-state index in [1.54, 1.807) is 30.5 Å². The molecule has 2 aromatic rings. The van der Waals surface area contributed by atoms with E-state index in [1.807, 2.05) is 0 Å². The summed E-state index contributed by atoms with van der Waals surface area (Å²) in [5.41, 5.74) is 6.24. The van der Waals surface area contributed by atoms with Gasteiger partial charge in [0.05, 0.1) is 12.7 Å². The Balaban J connectivity index is 2.34. The maximum Gasteiger partial charge on any atom is 0.208 e. The molecule has 0 saturated heterocycles. The molecule has 0 fully saturated rings. The number of oxazole rings is 1. The van der Waals surface area contributed by atoms with Crippen molar-refractivity contribution in [3.8, 4) is 17.1 Å². The van der Waals surface area contributed by atoms with Crippen LogP contribution in [0.1, 0.15) is 5.89 Å². The average Bonchev–Trinajstić information content (AvgIpc) is 2.67. The van der Waals surface area contributed by atoms with Crippen LogP contribution in [0.3, 0.4) is 0 Å². The number of benzene rings is 1. The number of nitrogens with two attached hydrogens (primary N) is 1. The molecule has 1 aromatic carbocycles. The fraction of sp³-hybridized carbons (Fsp3) is 0.100. The van der Waals surface area contributed by atoms with E-state index in [0.717, 1.165) is 5.56 Å². The number of phenols is 1. The highest BCUT2D eigenvalue weighted by Crippen LogP contribution is 2.22. The molecule has 0 saturated carbocycles. The normalized spacial score (nSPS) is 10.4. The minimum atomic E-state index is 0.229. The minimum absolute atomic E-state index is 0.229. The van der Waals surface area contributed by atoms with Crippen LogP contribution in [0.4, 0.5) is 0 Å². The molecule has 3 N–H and O–H groups in total. The van der Waals surface area contributed by atoms with E-state index >= 15 is 0 Å². The molecular weight excluding hydrogens is 180 g/mol. The van der Waals surface area contributed by atoms with Gasteiger partial charge in [-0.2, -0.15) is 0 Å². The summed E-state index contributed by atoms with van der Waals surface area (Å²) in [6.45, 7) is 0.290. The highest BCUT2D eigenvalue weighted by molar-refractivity contribution is 5.57. The molecule has 0 bridgehead atoms. The van der Waals surface area contributed by atoms with Crippen molar-refractivity contribution in [2.45, 2.75) is 6.54 Å². The Kier molecular flexibility index (Phi) is 2.20. The summed E-state index contributed by atoms with van der Waals surface area (Å²) >= 11 is 0. The van der Waals surface area contributed by atoms with Crippen LogP contribution >= 0.6 is 0 Å². The summed E-state index contributed by atoms with van der Waals surface area (Å²) in [4.78, 5) is 3.98. The van der Waals surface area contributed by atoms with Gasteiger partial charge in [-0.05, 0) is 24.3 Å². The second-order valence-electron chi connectivity index (χ2n) is 2.87. The number of aromatic hydroxyl groups is 1. The van der Waals surface area contributed by atoms with Crippen molar-refractivity contribution < 1.29 is 9.52 Å². The first-order chi connectivity index (χ1) is 6.79. The highest BCUT2D eigenvalue weighted by Gasteiger charge is 2.04. The minimum Gasteiger partial charge on any atom is -0.508 e. The Bertz CT molecular complexity index is 420. The highest BCUT2D eigenvalue weighted by atomic mass is 16.4. The molecule has 0 aliphatic carbocycles. The van der Waals surface area contributed by atoms with Gasteiger partial charge in [0.25, 0.3) is 0 Å². The predicted molar refractivity (Wildman–Crippen MR) is 51.5 cm³/mol. The lowest BCUT2D eigenvalue weighted by molar-refractivity contribution is 0.475. The molecule has 14 heavy (non-hydrogen) atoms. The number of aromatic nitrogens is 1. The zero-order valence-electron chi connectivity index (χ0n) is 7.47. The predicted octanol–water partition coefficient (Wildman–Crippen LogP) is 1.51. The standard InChI is InChI=1S/C10H10N2O2/c11-5-10-12-6-9(14-10)7-1-3-8(13)4-2-7/h1-4,6,13H,5,11H2. The van der Waals surface area contributed by atoms with Crippen LogP contribution in [0.15, 0.2) is 34.9 Å². The molecule has 72 valence electrons. The number of phenolic OH excluding ortho intramolecular Hbond substituents is 1. The van der Waals surface area contributed by atoms with Crippen LogP contribution in [0, 0.1) is 0 Å². The number of nitrogens with zero attached hydrogens (tertiary/aromatic N) is 1. The van der Waals surface area contributed by atoms with E-state index < -0.39 is 0 Å². The molecule has 0 aliphatic rings. The van der Waals surface area contributed by atoms with E-state index in [-0.39, 0.29) is 12.3 Å². The van der Waals surface area contributed by atoms with E-state index in [4.69, 9.17) is 15.3 Å². The second kappa shape index (κ2) is 3.51. The maximum atomic E-state index is 9.09. The van der Waals surface area contributed by atoms with Crippen molar-refractivity contribution >= 4 is 0 Å². The molecule has 0 unspecified atom stereocenters. The second-order valence-corrected chi connectivity index (χ2v) is 2.87. The zero-order valence-corrected chi connectivity index (χ0v) is 7.47. The van der Waals surface area contributed by atoms with E-state index in [2.05, 4.69) is 4.98 Å².